The van der Waals surface area contributed by atoms with Crippen LogP contribution in [-0.2, 0) is 14.8 Å². The summed E-state index contributed by atoms with van der Waals surface area (Å²) in [4.78, 5) is 0. The molecule has 6 nitrogen and oxygen atoms in total. The number of nitrogens with one attached hydrogen (secondary N) is 1. The molecule has 3 rings (SSSR count). The molecule has 0 aliphatic carbocycles. The number of hydrogen-bond acceptors (Lipinski definition) is 5. The van der Waals surface area contributed by atoms with Gasteiger partial charge in [0.15, 0.2) is 11.5 Å². The van der Waals surface area contributed by atoms with E-state index in [-0.39, 0.29) is 29.9 Å². The van der Waals surface area contributed by atoms with Crippen molar-refractivity contribution in [2.24, 2.45) is 5.41 Å². The molecule has 1 aromatic rings. The minimum Gasteiger partial charge on any atom is -0.493 e. The van der Waals surface area contributed by atoms with Gasteiger partial charge in [-0.1, -0.05) is 26.0 Å². The maximum Gasteiger partial charge on any atom is 0.214 e. The van der Waals surface area contributed by atoms with Crippen LogP contribution in [0, 0.1) is 5.41 Å². The number of rotatable bonds is 5. The van der Waals surface area contributed by atoms with Gasteiger partial charge in [-0.3, -0.25) is 0 Å². The smallest absolute Gasteiger partial charge is 0.214 e. The molecule has 1 aromatic carbocycles. The maximum absolute atomic E-state index is 12.4. The molecule has 0 spiro atoms. The third-order valence-electron chi connectivity index (χ3n) is 4.22. The van der Waals surface area contributed by atoms with Crippen LogP contribution in [0.5, 0.6) is 11.5 Å². The van der Waals surface area contributed by atoms with Gasteiger partial charge in [-0.15, -0.1) is 0 Å². The Bertz CT molecular complexity index is 686. The number of ether oxygens (including phenoxy) is 3. The van der Waals surface area contributed by atoms with E-state index in [1.165, 1.54) is 0 Å². The Labute approximate surface area is 137 Å². The summed E-state index contributed by atoms with van der Waals surface area (Å²) in [5.74, 6) is 1.21. The monoisotopic (exact) mass is 341 g/mol. The van der Waals surface area contributed by atoms with Crippen molar-refractivity contribution >= 4 is 10.0 Å². The van der Waals surface area contributed by atoms with Crippen LogP contribution >= 0.6 is 0 Å². The Morgan fingerprint density at radius 2 is 2.17 bits per heavy atom. The highest BCUT2D eigenvalue weighted by Crippen LogP contribution is 2.40. The van der Waals surface area contributed by atoms with Crippen molar-refractivity contribution < 1.29 is 22.6 Å². The first-order chi connectivity index (χ1) is 10.8. The predicted octanol–water partition coefficient (Wildman–Crippen LogP) is 1.86. The largest absolute Gasteiger partial charge is 0.493 e. The molecule has 1 saturated heterocycles. The second-order valence-electron chi connectivity index (χ2n) is 6.94. The summed E-state index contributed by atoms with van der Waals surface area (Å²) in [6.07, 6.45) is 0.494. The topological polar surface area (TPSA) is 73.9 Å². The molecular weight excluding hydrogens is 318 g/mol. The second-order valence-corrected chi connectivity index (χ2v) is 8.74. The summed E-state index contributed by atoms with van der Waals surface area (Å²) in [5, 5.41) is 0. The molecular formula is C16H23NO5S. The van der Waals surface area contributed by atoms with E-state index < -0.39 is 10.0 Å². The van der Waals surface area contributed by atoms with E-state index in [1.807, 2.05) is 12.1 Å². The minimum atomic E-state index is -3.46. The molecule has 1 N–H and O–H groups in total. The molecule has 2 unspecified atom stereocenters. The van der Waals surface area contributed by atoms with Crippen LogP contribution in [-0.4, -0.2) is 40.6 Å². The quantitative estimate of drug-likeness (QED) is 0.885. The first-order valence-corrected chi connectivity index (χ1v) is 9.36. The highest BCUT2D eigenvalue weighted by Gasteiger charge is 2.36. The molecule has 0 amide bonds. The number of methoxy groups -OCH3 is 1. The molecule has 2 aliphatic heterocycles. The van der Waals surface area contributed by atoms with Crippen molar-refractivity contribution in [2.75, 3.05) is 26.1 Å². The van der Waals surface area contributed by atoms with E-state index in [9.17, 15) is 8.42 Å². The zero-order valence-electron chi connectivity index (χ0n) is 13.7. The molecule has 1 fully saturated rings. The molecule has 23 heavy (non-hydrogen) atoms. The van der Waals surface area contributed by atoms with E-state index in [1.54, 1.807) is 13.2 Å². The number of para-hydroxylation sites is 1. The van der Waals surface area contributed by atoms with E-state index in [2.05, 4.69) is 18.6 Å². The van der Waals surface area contributed by atoms with Gasteiger partial charge in [0, 0.05) is 5.56 Å². The molecule has 0 saturated carbocycles. The average Bonchev–Trinajstić information content (AvgIpc) is 3.01. The standard InChI is InChI=1S/C16H23NO5S/c1-16(2)7-11(22-10-16)9-23(18,19)17-13-8-21-15-12(13)5-4-6-14(15)20-3/h4-6,11,13,17H,7-10H2,1-3H3. The Morgan fingerprint density at radius 3 is 2.83 bits per heavy atom. The molecule has 7 heteroatoms. The Morgan fingerprint density at radius 1 is 1.39 bits per heavy atom. The van der Waals surface area contributed by atoms with Crippen LogP contribution in [0.25, 0.3) is 0 Å². The number of sulfonamides is 1. The van der Waals surface area contributed by atoms with E-state index in [0.717, 1.165) is 12.0 Å². The lowest BCUT2D eigenvalue weighted by Gasteiger charge is -2.16. The fourth-order valence-electron chi connectivity index (χ4n) is 3.17. The van der Waals surface area contributed by atoms with Gasteiger partial charge >= 0.3 is 0 Å². The fraction of sp³-hybridized carbons (Fsp3) is 0.625. The third kappa shape index (κ3) is 3.62. The highest BCUT2D eigenvalue weighted by molar-refractivity contribution is 7.89. The summed E-state index contributed by atoms with van der Waals surface area (Å²) in [7, 11) is -1.89. The van der Waals surface area contributed by atoms with Crippen LogP contribution in [0.15, 0.2) is 18.2 Å². The molecule has 0 bridgehead atoms. The summed E-state index contributed by atoms with van der Waals surface area (Å²) in [6, 6.07) is 5.09. The minimum absolute atomic E-state index is 0.0216. The summed E-state index contributed by atoms with van der Waals surface area (Å²) in [6.45, 7) is 5.03. The molecule has 2 aliphatic rings. The van der Waals surface area contributed by atoms with Gasteiger partial charge in [0.1, 0.15) is 6.61 Å². The molecule has 0 radical (unpaired) electrons. The molecule has 2 heterocycles. The van der Waals surface area contributed by atoms with Crippen molar-refractivity contribution in [3.05, 3.63) is 23.8 Å². The lowest BCUT2D eigenvalue weighted by Crippen LogP contribution is -2.35. The van der Waals surface area contributed by atoms with Crippen molar-refractivity contribution in [1.29, 1.82) is 0 Å². The zero-order chi connectivity index (χ0) is 16.7. The van der Waals surface area contributed by atoms with E-state index >= 15 is 0 Å². The lowest BCUT2D eigenvalue weighted by molar-refractivity contribution is 0.113. The normalized spacial score (nSPS) is 25.9. The van der Waals surface area contributed by atoms with Gasteiger partial charge in [-0.05, 0) is 17.9 Å². The molecule has 2 atom stereocenters. The average molecular weight is 341 g/mol. The summed E-state index contributed by atoms with van der Waals surface area (Å²) in [5.41, 5.74) is 0.844. The highest BCUT2D eigenvalue weighted by atomic mass is 32.2. The van der Waals surface area contributed by atoms with Crippen LogP contribution in [0.3, 0.4) is 0 Å². The van der Waals surface area contributed by atoms with Gasteiger partial charge in [0.05, 0.1) is 31.6 Å². The first kappa shape index (κ1) is 16.5. The third-order valence-corrected chi connectivity index (χ3v) is 5.67. The van der Waals surface area contributed by atoms with Crippen molar-refractivity contribution in [3.63, 3.8) is 0 Å². The number of hydrogen-bond donors (Lipinski definition) is 1. The Hall–Kier alpha value is -1.31. The maximum atomic E-state index is 12.4. The van der Waals surface area contributed by atoms with Crippen molar-refractivity contribution in [1.82, 2.24) is 4.72 Å². The number of fused-ring (bicyclic) bond motifs is 1. The predicted molar refractivity (Wildman–Crippen MR) is 86.3 cm³/mol. The fourth-order valence-corrected chi connectivity index (χ4v) is 4.60. The zero-order valence-corrected chi connectivity index (χ0v) is 14.5. The Balaban J connectivity index is 1.69. The van der Waals surface area contributed by atoms with Gasteiger partial charge in [0.25, 0.3) is 0 Å². The summed E-state index contributed by atoms with van der Waals surface area (Å²) >= 11 is 0. The second kappa shape index (κ2) is 5.96. The lowest BCUT2D eigenvalue weighted by atomic mass is 9.91. The summed E-state index contributed by atoms with van der Waals surface area (Å²) < 4.78 is 44.1. The van der Waals surface area contributed by atoms with Crippen molar-refractivity contribution in [3.8, 4) is 11.5 Å². The van der Waals surface area contributed by atoms with Crippen molar-refractivity contribution in [2.45, 2.75) is 32.4 Å². The molecule has 128 valence electrons. The van der Waals surface area contributed by atoms with Gasteiger partial charge < -0.3 is 14.2 Å². The van der Waals surface area contributed by atoms with Crippen LogP contribution in [0.4, 0.5) is 0 Å². The molecule has 0 aromatic heterocycles. The first-order valence-electron chi connectivity index (χ1n) is 7.71. The van der Waals surface area contributed by atoms with Gasteiger partial charge in [-0.2, -0.15) is 0 Å². The van der Waals surface area contributed by atoms with Crippen LogP contribution < -0.4 is 14.2 Å². The van der Waals surface area contributed by atoms with Gasteiger partial charge in [-0.25, -0.2) is 13.1 Å². The van der Waals surface area contributed by atoms with E-state index in [4.69, 9.17) is 14.2 Å². The SMILES string of the molecule is COc1cccc2c1OCC2NS(=O)(=O)CC1CC(C)(C)CO1. The van der Waals surface area contributed by atoms with Crippen LogP contribution in [0.2, 0.25) is 0 Å². The van der Waals surface area contributed by atoms with Gasteiger partial charge in [0.2, 0.25) is 10.0 Å². The van der Waals surface area contributed by atoms with E-state index in [0.29, 0.717) is 18.1 Å². The Kier molecular flexibility index (Phi) is 4.29. The number of benzene rings is 1. The van der Waals surface area contributed by atoms with Crippen LogP contribution in [0.1, 0.15) is 31.9 Å².